The number of nitrogens with zero attached hydrogens (tertiary/aromatic N) is 3. The molecular formula is C7H9N3O4. The van der Waals surface area contributed by atoms with Crippen molar-refractivity contribution in [3.8, 4) is 6.01 Å². The third kappa shape index (κ3) is 1.41. The maximum absolute atomic E-state index is 10.4. The van der Waals surface area contributed by atoms with Crippen molar-refractivity contribution < 1.29 is 14.8 Å². The molecule has 2 rings (SSSR count). The van der Waals surface area contributed by atoms with Crippen molar-refractivity contribution in [2.75, 3.05) is 6.61 Å². The zero-order valence-corrected chi connectivity index (χ0v) is 7.29. The molecular weight excluding hydrogens is 190 g/mol. The van der Waals surface area contributed by atoms with Crippen LogP contribution in [0.15, 0.2) is 6.20 Å². The van der Waals surface area contributed by atoms with E-state index in [0.29, 0.717) is 13.0 Å². The second-order valence-electron chi connectivity index (χ2n) is 3.04. The number of hydrogen-bond acceptors (Lipinski definition) is 5. The van der Waals surface area contributed by atoms with Gasteiger partial charge in [-0.2, -0.15) is 0 Å². The van der Waals surface area contributed by atoms with Crippen LogP contribution in [-0.4, -0.2) is 32.3 Å². The summed E-state index contributed by atoms with van der Waals surface area (Å²) in [6, 6.07) is 0.210. The quantitative estimate of drug-likeness (QED) is 0.532. The number of fused-ring (bicyclic) bond motifs is 1. The van der Waals surface area contributed by atoms with Crippen LogP contribution in [0.4, 0.5) is 5.82 Å². The van der Waals surface area contributed by atoms with Crippen LogP contribution in [0.5, 0.6) is 6.01 Å². The van der Waals surface area contributed by atoms with E-state index in [-0.39, 0.29) is 24.5 Å². The molecule has 0 aliphatic carbocycles. The maximum atomic E-state index is 10.4. The topological polar surface area (TPSA) is 90.4 Å². The summed E-state index contributed by atoms with van der Waals surface area (Å²) in [5, 5.41) is 19.2. The van der Waals surface area contributed by atoms with Crippen LogP contribution in [0, 0.1) is 10.1 Å². The molecule has 1 aromatic rings. The van der Waals surface area contributed by atoms with E-state index in [9.17, 15) is 10.1 Å². The molecule has 0 bridgehead atoms. The van der Waals surface area contributed by atoms with Gasteiger partial charge in [0.15, 0.2) is 0 Å². The molecule has 0 fully saturated rings. The van der Waals surface area contributed by atoms with Crippen LogP contribution in [0.2, 0.25) is 0 Å². The third-order valence-electron chi connectivity index (χ3n) is 2.08. The lowest BCUT2D eigenvalue weighted by Crippen LogP contribution is -2.28. The van der Waals surface area contributed by atoms with Crippen LogP contribution in [0.3, 0.4) is 0 Å². The largest absolute Gasteiger partial charge is 0.440 e. The fourth-order valence-electron chi connectivity index (χ4n) is 1.35. The second-order valence-corrected chi connectivity index (χ2v) is 3.04. The Morgan fingerprint density at radius 2 is 2.64 bits per heavy atom. The molecule has 0 radical (unpaired) electrons. The number of rotatable bonds is 2. The van der Waals surface area contributed by atoms with Crippen LogP contribution in [0.1, 0.15) is 6.42 Å². The van der Waals surface area contributed by atoms with Crippen molar-refractivity contribution >= 4 is 5.82 Å². The Morgan fingerprint density at radius 3 is 3.29 bits per heavy atom. The molecule has 1 aromatic heterocycles. The molecule has 7 nitrogen and oxygen atoms in total. The number of hydrogen-bond donors (Lipinski definition) is 1. The van der Waals surface area contributed by atoms with Crippen LogP contribution < -0.4 is 4.74 Å². The molecule has 1 atom stereocenters. The number of nitro groups is 1. The number of aromatic nitrogens is 2. The molecule has 0 amide bonds. The van der Waals surface area contributed by atoms with E-state index in [1.165, 1.54) is 6.20 Å². The van der Waals surface area contributed by atoms with Gasteiger partial charge >= 0.3 is 11.8 Å². The molecule has 1 N–H and O–H groups in total. The highest BCUT2D eigenvalue weighted by Crippen LogP contribution is 2.23. The molecule has 7 heteroatoms. The van der Waals surface area contributed by atoms with E-state index >= 15 is 0 Å². The van der Waals surface area contributed by atoms with Crippen LogP contribution in [0.25, 0.3) is 0 Å². The van der Waals surface area contributed by atoms with Crippen molar-refractivity contribution in [2.24, 2.45) is 0 Å². The molecule has 14 heavy (non-hydrogen) atoms. The summed E-state index contributed by atoms with van der Waals surface area (Å²) >= 11 is 0. The Morgan fingerprint density at radius 1 is 1.86 bits per heavy atom. The molecule has 0 aromatic carbocycles. The fourth-order valence-corrected chi connectivity index (χ4v) is 1.35. The van der Waals surface area contributed by atoms with Gasteiger partial charge in [0, 0.05) is 17.9 Å². The monoisotopic (exact) mass is 199 g/mol. The Bertz CT molecular complexity index is 362. The zero-order valence-electron chi connectivity index (χ0n) is 7.29. The van der Waals surface area contributed by atoms with Gasteiger partial charge in [0.25, 0.3) is 0 Å². The van der Waals surface area contributed by atoms with Crippen LogP contribution in [-0.2, 0) is 6.54 Å². The minimum absolute atomic E-state index is 0.0966. The summed E-state index contributed by atoms with van der Waals surface area (Å²) < 4.78 is 6.78. The third-order valence-corrected chi connectivity index (χ3v) is 2.08. The standard InChI is InChI=1S/C7H9N3O4/c11-4-5-1-2-9-3-6(10(12)13)8-7(9)14-5/h3,5,11H,1-2,4H2. The number of aliphatic hydroxyl groups is 1. The van der Waals surface area contributed by atoms with Crippen molar-refractivity contribution in [3.63, 3.8) is 0 Å². The Hall–Kier alpha value is -1.63. The maximum Gasteiger partial charge on any atom is 0.414 e. The van der Waals surface area contributed by atoms with Crippen molar-refractivity contribution in [1.29, 1.82) is 0 Å². The van der Waals surface area contributed by atoms with E-state index in [1.807, 2.05) is 0 Å². The first kappa shape index (κ1) is 8.95. The van der Waals surface area contributed by atoms with Gasteiger partial charge in [-0.05, 0) is 4.92 Å². The minimum Gasteiger partial charge on any atom is -0.440 e. The van der Waals surface area contributed by atoms with Gasteiger partial charge < -0.3 is 20.0 Å². The van der Waals surface area contributed by atoms with Crippen molar-refractivity contribution in [1.82, 2.24) is 9.55 Å². The first-order chi connectivity index (χ1) is 6.70. The van der Waals surface area contributed by atoms with Gasteiger partial charge in [-0.25, -0.2) is 0 Å². The molecule has 0 saturated carbocycles. The summed E-state index contributed by atoms with van der Waals surface area (Å²) in [7, 11) is 0. The lowest BCUT2D eigenvalue weighted by molar-refractivity contribution is -0.389. The smallest absolute Gasteiger partial charge is 0.414 e. The molecule has 76 valence electrons. The average molecular weight is 199 g/mol. The number of aliphatic hydroxyl groups excluding tert-OH is 1. The average Bonchev–Trinajstić information content (AvgIpc) is 2.59. The van der Waals surface area contributed by atoms with E-state index in [2.05, 4.69) is 4.98 Å². The van der Waals surface area contributed by atoms with Gasteiger partial charge in [0.2, 0.25) is 0 Å². The van der Waals surface area contributed by atoms with Crippen LogP contribution >= 0.6 is 0 Å². The zero-order chi connectivity index (χ0) is 10.1. The summed E-state index contributed by atoms with van der Waals surface area (Å²) in [5.74, 6) is -0.224. The normalized spacial score (nSPS) is 19.9. The first-order valence-corrected chi connectivity index (χ1v) is 4.20. The Kier molecular flexibility index (Phi) is 2.08. The van der Waals surface area contributed by atoms with Gasteiger partial charge in [-0.15, -0.1) is 0 Å². The van der Waals surface area contributed by atoms with Gasteiger partial charge in [0.1, 0.15) is 12.3 Å². The predicted molar refractivity (Wildman–Crippen MR) is 45.0 cm³/mol. The van der Waals surface area contributed by atoms with E-state index < -0.39 is 4.92 Å². The highest BCUT2D eigenvalue weighted by molar-refractivity contribution is 5.21. The highest BCUT2D eigenvalue weighted by atomic mass is 16.6. The van der Waals surface area contributed by atoms with Gasteiger partial charge in [0.05, 0.1) is 6.61 Å². The summed E-state index contributed by atoms with van der Waals surface area (Å²) in [6.45, 7) is 0.488. The lowest BCUT2D eigenvalue weighted by atomic mass is 10.2. The van der Waals surface area contributed by atoms with E-state index in [0.717, 1.165) is 0 Å². The minimum atomic E-state index is -0.567. The van der Waals surface area contributed by atoms with E-state index in [4.69, 9.17) is 9.84 Å². The summed E-state index contributed by atoms with van der Waals surface area (Å²) in [6.07, 6.45) is 1.67. The number of imidazole rings is 1. The van der Waals surface area contributed by atoms with Gasteiger partial charge in [-0.1, -0.05) is 0 Å². The van der Waals surface area contributed by atoms with Crippen molar-refractivity contribution in [2.45, 2.75) is 19.1 Å². The SMILES string of the molecule is O=[N+]([O-])c1cn2c(n1)OC(CO)CC2. The Labute approximate surface area is 79.1 Å². The number of aryl methyl sites for hydroxylation is 1. The summed E-state index contributed by atoms with van der Waals surface area (Å²) in [5.41, 5.74) is 0. The molecule has 2 heterocycles. The second kappa shape index (κ2) is 3.26. The Balaban J connectivity index is 2.25. The van der Waals surface area contributed by atoms with Gasteiger partial charge in [-0.3, -0.25) is 4.57 Å². The molecule has 1 aliphatic rings. The molecule has 0 spiro atoms. The fraction of sp³-hybridized carbons (Fsp3) is 0.571. The van der Waals surface area contributed by atoms with Crippen molar-refractivity contribution in [3.05, 3.63) is 16.3 Å². The molecule has 0 saturated heterocycles. The first-order valence-electron chi connectivity index (χ1n) is 4.20. The summed E-state index contributed by atoms with van der Waals surface area (Å²) in [4.78, 5) is 13.5. The van der Waals surface area contributed by atoms with E-state index in [1.54, 1.807) is 4.57 Å². The molecule has 1 aliphatic heterocycles. The molecule has 1 unspecified atom stereocenters. The predicted octanol–water partition coefficient (Wildman–Crippen LogP) is -0.0653. The highest BCUT2D eigenvalue weighted by Gasteiger charge is 2.27. The lowest BCUT2D eigenvalue weighted by Gasteiger charge is -2.19. The number of ether oxygens (including phenoxy) is 1.